The maximum Gasteiger partial charge on any atom is 0.309 e. The van der Waals surface area contributed by atoms with E-state index >= 15 is 0 Å². The normalized spacial score (nSPS) is 15.5. The molecule has 1 aliphatic rings. The molecule has 3 heterocycles. The molecule has 0 bridgehead atoms. The highest BCUT2D eigenvalue weighted by Crippen LogP contribution is 2.26. The number of nitrogens with one attached hydrogen (secondary N) is 2. The van der Waals surface area contributed by atoms with Gasteiger partial charge in [0.2, 0.25) is 15.9 Å². The van der Waals surface area contributed by atoms with Crippen LogP contribution in [-0.2, 0) is 16.6 Å². The van der Waals surface area contributed by atoms with Gasteiger partial charge in [-0.15, -0.1) is 10.2 Å². The number of aryl methyl sites for hydroxylation is 1. The van der Waals surface area contributed by atoms with Crippen LogP contribution in [-0.4, -0.2) is 51.9 Å². The SMILES string of the molecule is Cc1ccc2nc(CNC(=O)c3nnc(-c4ccc(S(=O)(=O)N5CCC(C)CC5)cc4)o3)[nH]c2c1. The van der Waals surface area contributed by atoms with Gasteiger partial charge in [0.25, 0.3) is 0 Å². The summed E-state index contributed by atoms with van der Waals surface area (Å²) >= 11 is 0. The molecular weight excluding hydrogens is 468 g/mol. The maximum absolute atomic E-state index is 12.9. The van der Waals surface area contributed by atoms with Crippen molar-refractivity contribution in [3.8, 4) is 11.5 Å². The minimum atomic E-state index is -3.54. The molecule has 2 N–H and O–H groups in total. The smallest absolute Gasteiger partial charge is 0.309 e. The average molecular weight is 495 g/mol. The van der Waals surface area contributed by atoms with Crippen LogP contribution in [0.25, 0.3) is 22.5 Å². The monoisotopic (exact) mass is 494 g/mol. The first kappa shape index (κ1) is 23.2. The molecule has 4 aromatic rings. The van der Waals surface area contributed by atoms with E-state index in [-0.39, 0.29) is 23.2 Å². The Labute approximate surface area is 202 Å². The van der Waals surface area contributed by atoms with Crippen LogP contribution < -0.4 is 5.32 Å². The molecule has 5 rings (SSSR count). The number of imidazole rings is 1. The molecule has 35 heavy (non-hydrogen) atoms. The number of aromatic nitrogens is 4. The van der Waals surface area contributed by atoms with Crippen LogP contribution in [0.3, 0.4) is 0 Å². The van der Waals surface area contributed by atoms with E-state index in [1.54, 1.807) is 12.1 Å². The summed E-state index contributed by atoms with van der Waals surface area (Å²) in [5, 5.41) is 10.5. The van der Waals surface area contributed by atoms with Gasteiger partial charge in [0.15, 0.2) is 0 Å². The lowest BCUT2D eigenvalue weighted by molar-refractivity contribution is 0.0916. The molecule has 10 nitrogen and oxygen atoms in total. The summed E-state index contributed by atoms with van der Waals surface area (Å²) in [6, 6.07) is 12.1. The number of amides is 1. The largest absolute Gasteiger partial charge is 0.412 e. The van der Waals surface area contributed by atoms with Crippen molar-refractivity contribution in [1.82, 2.24) is 29.8 Å². The predicted molar refractivity (Wildman–Crippen MR) is 129 cm³/mol. The Morgan fingerprint density at radius 1 is 1.14 bits per heavy atom. The molecule has 1 saturated heterocycles. The van der Waals surface area contributed by atoms with Crippen LogP contribution in [0.4, 0.5) is 0 Å². The minimum absolute atomic E-state index is 0.130. The number of hydrogen-bond acceptors (Lipinski definition) is 7. The number of fused-ring (bicyclic) bond motifs is 1. The number of sulfonamides is 1. The number of piperidine rings is 1. The van der Waals surface area contributed by atoms with E-state index in [9.17, 15) is 13.2 Å². The zero-order chi connectivity index (χ0) is 24.6. The Kier molecular flexibility index (Phi) is 6.12. The summed E-state index contributed by atoms with van der Waals surface area (Å²) in [5.41, 5.74) is 3.35. The van der Waals surface area contributed by atoms with Gasteiger partial charge in [-0.25, -0.2) is 13.4 Å². The molecule has 1 amide bonds. The van der Waals surface area contributed by atoms with Crippen LogP contribution in [0.5, 0.6) is 0 Å². The van der Waals surface area contributed by atoms with E-state index in [1.807, 2.05) is 25.1 Å². The lowest BCUT2D eigenvalue weighted by Gasteiger charge is -2.29. The molecule has 0 saturated carbocycles. The Hall–Kier alpha value is -3.57. The Balaban J connectivity index is 1.24. The van der Waals surface area contributed by atoms with Gasteiger partial charge >= 0.3 is 11.8 Å². The first-order chi connectivity index (χ1) is 16.8. The number of carbonyl (C=O) groups excluding carboxylic acids is 1. The highest BCUT2D eigenvalue weighted by Gasteiger charge is 2.28. The molecule has 0 spiro atoms. The van der Waals surface area contributed by atoms with Crippen LogP contribution in [0.2, 0.25) is 0 Å². The number of H-pyrrole nitrogens is 1. The van der Waals surface area contributed by atoms with Crippen molar-refractivity contribution >= 4 is 27.0 Å². The van der Waals surface area contributed by atoms with Crippen molar-refractivity contribution in [2.24, 2.45) is 5.92 Å². The molecule has 182 valence electrons. The van der Waals surface area contributed by atoms with Crippen LogP contribution in [0.15, 0.2) is 51.8 Å². The van der Waals surface area contributed by atoms with Crippen molar-refractivity contribution in [3.05, 3.63) is 59.7 Å². The standard InChI is InChI=1S/C24H26N6O4S/c1-15-9-11-30(12-10-15)35(32,33)18-6-4-17(5-7-18)23-28-29-24(34-23)22(31)25-14-21-26-19-8-3-16(2)13-20(19)27-21/h3-8,13,15H,9-12,14H2,1-2H3,(H,25,31)(H,26,27). The van der Waals surface area contributed by atoms with E-state index < -0.39 is 15.9 Å². The number of carbonyl (C=O) groups is 1. The molecule has 0 atom stereocenters. The van der Waals surface area contributed by atoms with Crippen molar-refractivity contribution < 1.29 is 17.6 Å². The van der Waals surface area contributed by atoms with E-state index in [4.69, 9.17) is 4.42 Å². The topological polar surface area (TPSA) is 134 Å². The summed E-state index contributed by atoms with van der Waals surface area (Å²) in [5.74, 6) is 0.560. The average Bonchev–Trinajstić information content (AvgIpc) is 3.50. The van der Waals surface area contributed by atoms with Crippen molar-refractivity contribution in [1.29, 1.82) is 0 Å². The first-order valence-electron chi connectivity index (χ1n) is 11.5. The molecule has 1 fully saturated rings. The molecular formula is C24H26N6O4S. The van der Waals surface area contributed by atoms with Crippen LogP contribution in [0, 0.1) is 12.8 Å². The minimum Gasteiger partial charge on any atom is -0.412 e. The molecule has 0 aliphatic carbocycles. The van der Waals surface area contributed by atoms with Gasteiger partial charge in [-0.1, -0.05) is 13.0 Å². The summed E-state index contributed by atoms with van der Waals surface area (Å²) in [7, 11) is -3.54. The Morgan fingerprint density at radius 3 is 2.63 bits per heavy atom. The summed E-state index contributed by atoms with van der Waals surface area (Å²) in [6.07, 6.45) is 1.72. The number of hydrogen-bond donors (Lipinski definition) is 2. The zero-order valence-corrected chi connectivity index (χ0v) is 20.3. The van der Waals surface area contributed by atoms with Gasteiger partial charge in [0.05, 0.1) is 22.5 Å². The fourth-order valence-corrected chi connectivity index (χ4v) is 5.54. The molecule has 2 aromatic carbocycles. The van der Waals surface area contributed by atoms with Gasteiger partial charge in [-0.3, -0.25) is 4.79 Å². The second-order valence-electron chi connectivity index (χ2n) is 8.91. The van der Waals surface area contributed by atoms with Gasteiger partial charge in [-0.2, -0.15) is 4.31 Å². The van der Waals surface area contributed by atoms with Crippen molar-refractivity contribution in [2.45, 2.75) is 38.1 Å². The van der Waals surface area contributed by atoms with Crippen molar-refractivity contribution in [3.63, 3.8) is 0 Å². The lowest BCUT2D eigenvalue weighted by atomic mass is 10.0. The summed E-state index contributed by atoms with van der Waals surface area (Å²) in [4.78, 5) is 20.3. The highest BCUT2D eigenvalue weighted by atomic mass is 32.2. The zero-order valence-electron chi connectivity index (χ0n) is 19.5. The first-order valence-corrected chi connectivity index (χ1v) is 12.9. The Bertz CT molecular complexity index is 1470. The maximum atomic E-state index is 12.9. The summed E-state index contributed by atoms with van der Waals surface area (Å²) in [6.45, 7) is 5.36. The second kappa shape index (κ2) is 9.23. The molecule has 11 heteroatoms. The number of aromatic amines is 1. The van der Waals surface area contributed by atoms with E-state index in [0.29, 0.717) is 30.4 Å². The predicted octanol–water partition coefficient (Wildman–Crippen LogP) is 3.27. The lowest BCUT2D eigenvalue weighted by Crippen LogP contribution is -2.37. The number of benzene rings is 2. The van der Waals surface area contributed by atoms with Crippen LogP contribution >= 0.6 is 0 Å². The van der Waals surface area contributed by atoms with Crippen LogP contribution in [0.1, 0.15) is 41.8 Å². The second-order valence-corrected chi connectivity index (χ2v) is 10.8. The fourth-order valence-electron chi connectivity index (χ4n) is 4.08. The third kappa shape index (κ3) is 4.82. The van der Waals surface area contributed by atoms with Gasteiger partial charge in [0.1, 0.15) is 5.82 Å². The summed E-state index contributed by atoms with van der Waals surface area (Å²) < 4.78 is 32.9. The molecule has 1 aliphatic heterocycles. The van der Waals surface area contributed by atoms with Gasteiger partial charge in [0, 0.05) is 18.7 Å². The molecule has 0 unspecified atom stereocenters. The van der Waals surface area contributed by atoms with E-state index in [1.165, 1.54) is 16.4 Å². The number of nitrogens with zero attached hydrogens (tertiary/aromatic N) is 4. The third-order valence-corrected chi connectivity index (χ3v) is 8.12. The van der Waals surface area contributed by atoms with Gasteiger partial charge < -0.3 is 14.7 Å². The highest BCUT2D eigenvalue weighted by molar-refractivity contribution is 7.89. The van der Waals surface area contributed by atoms with E-state index in [0.717, 1.165) is 29.4 Å². The number of rotatable bonds is 6. The molecule has 2 aromatic heterocycles. The van der Waals surface area contributed by atoms with E-state index in [2.05, 4.69) is 32.4 Å². The molecule has 0 radical (unpaired) electrons. The quantitative estimate of drug-likeness (QED) is 0.420. The third-order valence-electron chi connectivity index (χ3n) is 6.20. The van der Waals surface area contributed by atoms with Crippen molar-refractivity contribution in [2.75, 3.05) is 13.1 Å². The van der Waals surface area contributed by atoms with Gasteiger partial charge in [-0.05, 0) is 67.6 Å². The Morgan fingerprint density at radius 2 is 1.89 bits per heavy atom. The fraction of sp³-hybridized carbons (Fsp3) is 0.333.